The van der Waals surface area contributed by atoms with Crippen LogP contribution in [0.25, 0.3) is 0 Å². The number of rotatable bonds is 4. The molecule has 0 bridgehead atoms. The smallest absolute Gasteiger partial charge is 0.410 e. The number of carbonyl (C=O) groups excluding carboxylic acids is 2. The third-order valence-corrected chi connectivity index (χ3v) is 1.97. The Morgan fingerprint density at radius 3 is 1.74 bits per heavy atom. The molecule has 19 heavy (non-hydrogen) atoms. The maximum atomic E-state index is 11.6. The molecule has 5 nitrogen and oxygen atoms in total. The van der Waals surface area contributed by atoms with Crippen molar-refractivity contribution in [2.24, 2.45) is 10.8 Å². The van der Waals surface area contributed by atoms with Gasteiger partial charge in [0.2, 0.25) is 0 Å². The van der Waals surface area contributed by atoms with Crippen LogP contribution in [0.15, 0.2) is 0 Å². The van der Waals surface area contributed by atoms with Gasteiger partial charge in [0.25, 0.3) is 0 Å². The number of nitrogens with zero attached hydrogens (tertiary/aromatic N) is 1. The zero-order chi connectivity index (χ0) is 15.3. The van der Waals surface area contributed by atoms with Crippen LogP contribution in [0.5, 0.6) is 0 Å². The summed E-state index contributed by atoms with van der Waals surface area (Å²) in [5, 5.41) is 0. The summed E-state index contributed by atoms with van der Waals surface area (Å²) in [6.07, 6.45) is -0.511. The second-order valence-corrected chi connectivity index (χ2v) is 7.19. The fourth-order valence-electron chi connectivity index (χ4n) is 0.989. The molecule has 0 aliphatic heterocycles. The SMILES string of the molecule is CN(CC(=O)OCC(C)(C)C)C(=O)OCC(C)(C)C. The van der Waals surface area contributed by atoms with E-state index in [1.807, 2.05) is 41.5 Å². The van der Waals surface area contributed by atoms with Crippen LogP contribution in [0.3, 0.4) is 0 Å². The lowest BCUT2D eigenvalue weighted by atomic mass is 9.99. The van der Waals surface area contributed by atoms with E-state index in [0.717, 1.165) is 0 Å². The first-order chi connectivity index (χ1) is 8.41. The largest absolute Gasteiger partial charge is 0.464 e. The molecule has 0 spiro atoms. The number of carbonyl (C=O) groups is 2. The second-order valence-electron chi connectivity index (χ2n) is 7.19. The molecule has 0 radical (unpaired) electrons. The third kappa shape index (κ3) is 10.4. The summed E-state index contributed by atoms with van der Waals surface area (Å²) in [5.74, 6) is -0.426. The normalized spacial score (nSPS) is 11.9. The molecular formula is C14H27NO4. The lowest BCUT2D eigenvalue weighted by molar-refractivity contribution is -0.147. The zero-order valence-electron chi connectivity index (χ0n) is 13.2. The van der Waals surface area contributed by atoms with Crippen molar-refractivity contribution in [3.63, 3.8) is 0 Å². The molecule has 0 N–H and O–H groups in total. The van der Waals surface area contributed by atoms with Gasteiger partial charge in [0.15, 0.2) is 0 Å². The van der Waals surface area contributed by atoms with Gasteiger partial charge in [0.05, 0.1) is 13.2 Å². The van der Waals surface area contributed by atoms with Gasteiger partial charge >= 0.3 is 12.1 Å². The molecule has 0 aromatic heterocycles. The van der Waals surface area contributed by atoms with Gasteiger partial charge in [-0.15, -0.1) is 0 Å². The zero-order valence-corrected chi connectivity index (χ0v) is 13.2. The number of amides is 1. The first-order valence-electron chi connectivity index (χ1n) is 6.44. The first-order valence-corrected chi connectivity index (χ1v) is 6.44. The highest BCUT2D eigenvalue weighted by Gasteiger charge is 2.20. The predicted molar refractivity (Wildman–Crippen MR) is 73.8 cm³/mol. The van der Waals surface area contributed by atoms with Crippen LogP contribution in [-0.2, 0) is 14.3 Å². The summed E-state index contributed by atoms with van der Waals surface area (Å²) in [5.41, 5.74) is -0.176. The molecule has 0 fully saturated rings. The Balaban J connectivity index is 4.05. The van der Waals surface area contributed by atoms with Gasteiger partial charge in [-0.1, -0.05) is 41.5 Å². The van der Waals surface area contributed by atoms with Crippen molar-refractivity contribution in [3.05, 3.63) is 0 Å². The Morgan fingerprint density at radius 1 is 0.895 bits per heavy atom. The van der Waals surface area contributed by atoms with Crippen molar-refractivity contribution >= 4 is 12.1 Å². The molecule has 1 amide bonds. The summed E-state index contributed by atoms with van der Waals surface area (Å²) in [4.78, 5) is 24.4. The number of likely N-dealkylation sites (N-methyl/N-ethyl adjacent to an activating group) is 1. The molecule has 112 valence electrons. The number of hydrogen-bond acceptors (Lipinski definition) is 4. The molecule has 0 rings (SSSR count). The lowest BCUT2D eigenvalue weighted by Crippen LogP contribution is -2.35. The van der Waals surface area contributed by atoms with E-state index in [4.69, 9.17) is 9.47 Å². The van der Waals surface area contributed by atoms with Crippen LogP contribution in [0, 0.1) is 10.8 Å². The Kier molecular flexibility index (Phi) is 6.33. The number of hydrogen-bond donors (Lipinski definition) is 0. The molecule has 0 saturated heterocycles. The highest BCUT2D eigenvalue weighted by atomic mass is 16.6. The summed E-state index contributed by atoms with van der Waals surface area (Å²) in [6, 6.07) is 0. The van der Waals surface area contributed by atoms with E-state index in [1.54, 1.807) is 0 Å². The predicted octanol–water partition coefficient (Wildman–Crippen LogP) is 2.69. The van der Waals surface area contributed by atoms with Gasteiger partial charge in [-0.05, 0) is 10.8 Å². The monoisotopic (exact) mass is 273 g/mol. The molecule has 0 unspecified atom stereocenters. The van der Waals surface area contributed by atoms with Gasteiger partial charge in [-0.2, -0.15) is 0 Å². The van der Waals surface area contributed by atoms with Crippen molar-refractivity contribution < 1.29 is 19.1 Å². The van der Waals surface area contributed by atoms with Crippen molar-refractivity contribution in [1.82, 2.24) is 4.90 Å². The Bertz CT molecular complexity index is 312. The molecule has 0 heterocycles. The van der Waals surface area contributed by atoms with Gasteiger partial charge in [-0.3, -0.25) is 4.79 Å². The van der Waals surface area contributed by atoms with E-state index in [0.29, 0.717) is 13.2 Å². The van der Waals surface area contributed by atoms with Crippen molar-refractivity contribution in [2.45, 2.75) is 41.5 Å². The minimum absolute atomic E-state index is 0.0824. The molecule has 0 aliphatic rings. The van der Waals surface area contributed by atoms with Gasteiger partial charge in [0, 0.05) is 7.05 Å². The molecule has 0 atom stereocenters. The minimum Gasteiger partial charge on any atom is -0.464 e. The van der Waals surface area contributed by atoms with Gasteiger partial charge in [0.1, 0.15) is 6.54 Å². The molecule has 0 aliphatic carbocycles. The van der Waals surface area contributed by atoms with E-state index in [2.05, 4.69) is 0 Å². The van der Waals surface area contributed by atoms with E-state index in [9.17, 15) is 9.59 Å². The Hall–Kier alpha value is -1.26. The van der Waals surface area contributed by atoms with E-state index in [-0.39, 0.29) is 17.4 Å². The van der Waals surface area contributed by atoms with Gasteiger partial charge < -0.3 is 14.4 Å². The molecule has 0 aromatic rings. The number of esters is 1. The third-order valence-electron chi connectivity index (χ3n) is 1.97. The quantitative estimate of drug-likeness (QED) is 0.739. The van der Waals surface area contributed by atoms with Crippen molar-refractivity contribution in [2.75, 3.05) is 26.8 Å². The first kappa shape index (κ1) is 17.7. The maximum Gasteiger partial charge on any atom is 0.410 e. The fourth-order valence-corrected chi connectivity index (χ4v) is 0.989. The lowest BCUT2D eigenvalue weighted by Gasteiger charge is -2.22. The Morgan fingerprint density at radius 2 is 1.32 bits per heavy atom. The van der Waals surface area contributed by atoms with E-state index in [1.165, 1.54) is 11.9 Å². The summed E-state index contributed by atoms with van der Waals surface area (Å²) in [6.45, 7) is 12.4. The summed E-state index contributed by atoms with van der Waals surface area (Å²) < 4.78 is 10.2. The minimum atomic E-state index is -0.511. The highest BCUT2D eigenvalue weighted by molar-refractivity contribution is 5.77. The second kappa shape index (κ2) is 6.78. The molecule has 5 heteroatoms. The fraction of sp³-hybridized carbons (Fsp3) is 0.857. The van der Waals surface area contributed by atoms with Crippen LogP contribution in [-0.4, -0.2) is 43.8 Å². The van der Waals surface area contributed by atoms with Gasteiger partial charge in [-0.25, -0.2) is 4.79 Å². The molecule has 0 aromatic carbocycles. The van der Waals surface area contributed by atoms with Crippen LogP contribution in [0.2, 0.25) is 0 Å². The van der Waals surface area contributed by atoms with Crippen LogP contribution >= 0.6 is 0 Å². The van der Waals surface area contributed by atoms with Crippen LogP contribution < -0.4 is 0 Å². The highest BCUT2D eigenvalue weighted by Crippen LogP contribution is 2.14. The van der Waals surface area contributed by atoms with E-state index >= 15 is 0 Å². The van der Waals surface area contributed by atoms with Crippen molar-refractivity contribution in [3.8, 4) is 0 Å². The maximum absolute atomic E-state index is 11.6. The Labute approximate surface area is 116 Å². The number of ether oxygens (including phenoxy) is 2. The molecule has 0 saturated carbocycles. The topological polar surface area (TPSA) is 55.8 Å². The van der Waals surface area contributed by atoms with Crippen molar-refractivity contribution in [1.29, 1.82) is 0 Å². The van der Waals surface area contributed by atoms with Crippen LogP contribution in [0.4, 0.5) is 4.79 Å². The van der Waals surface area contributed by atoms with E-state index < -0.39 is 12.1 Å². The summed E-state index contributed by atoms with van der Waals surface area (Å²) in [7, 11) is 1.52. The average molecular weight is 273 g/mol. The standard InChI is InChI=1S/C14H27NO4/c1-13(2,3)9-18-11(16)8-15(7)12(17)19-10-14(4,5)6/h8-10H2,1-7H3. The average Bonchev–Trinajstić information content (AvgIpc) is 2.21. The summed E-state index contributed by atoms with van der Waals surface area (Å²) >= 11 is 0. The molecular weight excluding hydrogens is 246 g/mol. The van der Waals surface area contributed by atoms with Crippen LogP contribution in [0.1, 0.15) is 41.5 Å².